The molecule has 2 atom stereocenters. The van der Waals surface area contributed by atoms with Crippen molar-refractivity contribution in [2.75, 3.05) is 6.61 Å². The fraction of sp³-hybridized carbons (Fsp3) is 0.500. The van der Waals surface area contributed by atoms with Gasteiger partial charge in [-0.2, -0.15) is 0 Å². The number of rotatable bonds is 8. The van der Waals surface area contributed by atoms with Crippen LogP contribution in [0.2, 0.25) is 18.1 Å². The van der Waals surface area contributed by atoms with Gasteiger partial charge in [0.1, 0.15) is 0 Å². The van der Waals surface area contributed by atoms with Crippen LogP contribution in [0.4, 0.5) is 0 Å². The Labute approximate surface area is 159 Å². The van der Waals surface area contributed by atoms with Crippen LogP contribution in [0.1, 0.15) is 32.8 Å². The summed E-state index contributed by atoms with van der Waals surface area (Å²) in [6.45, 7) is 12.3. The summed E-state index contributed by atoms with van der Waals surface area (Å²) in [7, 11) is -1.92. The number of allylic oxidation sites excluding steroid dienone is 1. The number of carbonyl (C=O) groups is 1. The molecule has 1 aliphatic carbocycles. The Hall–Kier alpha value is -1.49. The molecule has 0 saturated carbocycles. The van der Waals surface area contributed by atoms with E-state index in [1.807, 2.05) is 30.4 Å². The summed E-state index contributed by atoms with van der Waals surface area (Å²) >= 11 is 0. The molecule has 0 bridgehead atoms. The monoisotopic (exact) mass is 372 g/mol. The van der Waals surface area contributed by atoms with Crippen molar-refractivity contribution >= 4 is 14.1 Å². The largest absolute Gasteiger partial charge is 0.410 e. The van der Waals surface area contributed by atoms with E-state index >= 15 is 0 Å². The molecule has 1 aromatic carbocycles. The molecule has 0 heterocycles. The molecule has 0 saturated heterocycles. The van der Waals surface area contributed by atoms with Crippen molar-refractivity contribution in [3.63, 3.8) is 0 Å². The van der Waals surface area contributed by atoms with Crippen LogP contribution in [0.15, 0.2) is 54.6 Å². The van der Waals surface area contributed by atoms with Gasteiger partial charge in [-0.15, -0.1) is 0 Å². The third-order valence-electron chi connectivity index (χ3n) is 5.28. The normalized spacial score (nSPS) is 19.4. The first-order valence-electron chi connectivity index (χ1n) is 9.36. The average Bonchev–Trinajstić information content (AvgIpc) is 3.00. The molecule has 0 radical (unpaired) electrons. The van der Waals surface area contributed by atoms with E-state index in [2.05, 4.69) is 52.1 Å². The summed E-state index contributed by atoms with van der Waals surface area (Å²) in [5.41, 5.74) is 1.17. The van der Waals surface area contributed by atoms with E-state index in [-0.39, 0.29) is 22.8 Å². The van der Waals surface area contributed by atoms with Crippen LogP contribution in [0.25, 0.3) is 0 Å². The molecule has 0 unspecified atom stereocenters. The second kappa shape index (κ2) is 8.93. The number of benzene rings is 1. The number of hydrogen-bond acceptors (Lipinski definition) is 3. The van der Waals surface area contributed by atoms with E-state index < -0.39 is 8.32 Å². The first-order valence-corrected chi connectivity index (χ1v) is 12.3. The molecule has 142 valence electrons. The van der Waals surface area contributed by atoms with Crippen LogP contribution >= 0.6 is 0 Å². The van der Waals surface area contributed by atoms with Crippen molar-refractivity contribution in [2.45, 2.75) is 58.0 Å². The zero-order valence-electron chi connectivity index (χ0n) is 16.7. The van der Waals surface area contributed by atoms with Gasteiger partial charge in [-0.05, 0) is 29.8 Å². The molecular formula is C22H32O3Si. The van der Waals surface area contributed by atoms with Gasteiger partial charge in [-0.25, -0.2) is 0 Å². The van der Waals surface area contributed by atoms with E-state index in [1.54, 1.807) is 6.08 Å². The van der Waals surface area contributed by atoms with E-state index in [9.17, 15) is 4.79 Å². The van der Waals surface area contributed by atoms with Crippen LogP contribution in [-0.2, 0) is 20.6 Å². The molecule has 0 amide bonds. The summed E-state index contributed by atoms with van der Waals surface area (Å²) < 4.78 is 12.3. The Kier molecular flexibility index (Phi) is 7.15. The van der Waals surface area contributed by atoms with Crippen LogP contribution in [0.3, 0.4) is 0 Å². The molecule has 0 spiro atoms. The molecule has 1 aliphatic rings. The second-order valence-electron chi connectivity index (χ2n) is 8.47. The van der Waals surface area contributed by atoms with E-state index in [1.165, 1.54) is 5.56 Å². The van der Waals surface area contributed by atoms with Gasteiger partial charge in [0.15, 0.2) is 14.1 Å². The van der Waals surface area contributed by atoms with Gasteiger partial charge in [-0.3, -0.25) is 4.79 Å². The third kappa shape index (κ3) is 6.04. The lowest BCUT2D eigenvalue weighted by Crippen LogP contribution is -2.45. The van der Waals surface area contributed by atoms with Crippen LogP contribution in [0.5, 0.6) is 0 Å². The highest BCUT2D eigenvalue weighted by atomic mass is 28.4. The lowest BCUT2D eigenvalue weighted by atomic mass is 10.0. The Morgan fingerprint density at radius 3 is 2.50 bits per heavy atom. The van der Waals surface area contributed by atoms with Crippen molar-refractivity contribution in [1.82, 2.24) is 0 Å². The van der Waals surface area contributed by atoms with Gasteiger partial charge >= 0.3 is 0 Å². The minimum atomic E-state index is -1.92. The first-order chi connectivity index (χ1) is 12.2. The van der Waals surface area contributed by atoms with Crippen molar-refractivity contribution < 1.29 is 14.0 Å². The molecule has 1 aromatic rings. The predicted octanol–water partition coefficient (Wildman–Crippen LogP) is 5.30. The average molecular weight is 373 g/mol. The highest BCUT2D eigenvalue weighted by Crippen LogP contribution is 2.39. The Bertz CT molecular complexity index is 641. The molecule has 3 nitrogen and oxygen atoms in total. The fourth-order valence-electron chi connectivity index (χ4n) is 2.62. The topological polar surface area (TPSA) is 35.5 Å². The molecule has 0 aliphatic heterocycles. The van der Waals surface area contributed by atoms with Crippen LogP contribution in [0, 0.1) is 5.92 Å². The highest BCUT2D eigenvalue weighted by molar-refractivity contribution is 6.74. The SMILES string of the molecule is CC(C)(C)[Si](C)(C)O[C@H](/C=C/COCc1ccccc1)[C@H]1C=CC(=O)C1. The predicted molar refractivity (Wildman–Crippen MR) is 110 cm³/mol. The molecule has 0 aromatic heterocycles. The van der Waals surface area contributed by atoms with Gasteiger partial charge in [-0.1, -0.05) is 69.3 Å². The zero-order chi connectivity index (χ0) is 19.2. The summed E-state index contributed by atoms with van der Waals surface area (Å²) in [6.07, 6.45) is 8.26. The Morgan fingerprint density at radius 2 is 1.92 bits per heavy atom. The van der Waals surface area contributed by atoms with Crippen molar-refractivity contribution in [3.8, 4) is 0 Å². The van der Waals surface area contributed by atoms with E-state index in [0.29, 0.717) is 19.6 Å². The molecular weight excluding hydrogens is 340 g/mol. The Balaban J connectivity index is 1.95. The summed E-state index contributed by atoms with van der Waals surface area (Å²) in [5, 5.41) is 0.134. The maximum atomic E-state index is 11.7. The molecule has 0 fully saturated rings. The lowest BCUT2D eigenvalue weighted by Gasteiger charge is -2.39. The lowest BCUT2D eigenvalue weighted by molar-refractivity contribution is -0.114. The van der Waals surface area contributed by atoms with Crippen LogP contribution < -0.4 is 0 Å². The number of ether oxygens (including phenoxy) is 1. The molecule has 2 rings (SSSR count). The summed E-state index contributed by atoms with van der Waals surface area (Å²) in [5.74, 6) is 0.314. The molecule has 4 heteroatoms. The van der Waals surface area contributed by atoms with Crippen molar-refractivity contribution in [1.29, 1.82) is 0 Å². The van der Waals surface area contributed by atoms with Gasteiger partial charge < -0.3 is 9.16 Å². The van der Waals surface area contributed by atoms with Gasteiger partial charge in [0.25, 0.3) is 0 Å². The van der Waals surface area contributed by atoms with E-state index in [0.717, 1.165) is 0 Å². The van der Waals surface area contributed by atoms with Crippen molar-refractivity contribution in [3.05, 3.63) is 60.2 Å². The molecule has 0 N–H and O–H groups in total. The Morgan fingerprint density at radius 1 is 1.23 bits per heavy atom. The number of ketones is 1. The smallest absolute Gasteiger partial charge is 0.192 e. The van der Waals surface area contributed by atoms with Gasteiger partial charge in [0, 0.05) is 12.3 Å². The first kappa shape index (κ1) is 20.8. The maximum absolute atomic E-state index is 11.7. The second-order valence-corrected chi connectivity index (χ2v) is 13.2. The summed E-state index contributed by atoms with van der Waals surface area (Å²) in [4.78, 5) is 11.7. The van der Waals surface area contributed by atoms with Crippen molar-refractivity contribution in [2.24, 2.45) is 5.92 Å². The summed E-state index contributed by atoms with van der Waals surface area (Å²) in [6, 6.07) is 10.1. The standard InChI is InChI=1S/C22H32O3Si/c1-22(2,3)26(4,5)25-21(19-13-14-20(23)16-19)12-9-15-24-17-18-10-7-6-8-11-18/h6-14,19,21H,15-17H2,1-5H3/b12-9+/t19-,21+/m0/s1. The molecule has 26 heavy (non-hydrogen) atoms. The quantitative estimate of drug-likeness (QED) is 0.353. The van der Waals surface area contributed by atoms with Crippen LogP contribution in [-0.4, -0.2) is 26.8 Å². The third-order valence-corrected chi connectivity index (χ3v) is 9.75. The minimum absolute atomic E-state index is 0.0704. The van der Waals surface area contributed by atoms with E-state index in [4.69, 9.17) is 9.16 Å². The maximum Gasteiger partial charge on any atom is 0.192 e. The zero-order valence-corrected chi connectivity index (χ0v) is 17.7. The van der Waals surface area contributed by atoms with Gasteiger partial charge in [0.2, 0.25) is 0 Å². The van der Waals surface area contributed by atoms with Gasteiger partial charge in [0.05, 0.1) is 19.3 Å². The highest BCUT2D eigenvalue weighted by Gasteiger charge is 2.40. The number of hydrogen-bond donors (Lipinski definition) is 0. The fourth-order valence-corrected chi connectivity index (χ4v) is 3.91. The minimum Gasteiger partial charge on any atom is -0.410 e. The number of carbonyl (C=O) groups excluding carboxylic acids is 1.